The van der Waals surface area contributed by atoms with Crippen molar-refractivity contribution < 1.29 is 28.2 Å². The summed E-state index contributed by atoms with van der Waals surface area (Å²) in [5, 5.41) is 1.01. The Balaban J connectivity index is 0.000000755. The van der Waals surface area contributed by atoms with Crippen LogP contribution in [0.15, 0.2) is 28.7 Å². The van der Waals surface area contributed by atoms with Crippen molar-refractivity contribution in [2.24, 2.45) is 0 Å². The van der Waals surface area contributed by atoms with E-state index in [0.717, 1.165) is 46.0 Å². The van der Waals surface area contributed by atoms with Crippen LogP contribution in [0.1, 0.15) is 34.9 Å². The van der Waals surface area contributed by atoms with Crippen LogP contribution in [0, 0.1) is 20.8 Å². The van der Waals surface area contributed by atoms with Gasteiger partial charge in [-0.1, -0.05) is 13.0 Å². The summed E-state index contributed by atoms with van der Waals surface area (Å²) in [5.41, 5.74) is 5.54. The van der Waals surface area contributed by atoms with Crippen LogP contribution in [0.25, 0.3) is 11.0 Å². The molecule has 0 atom stereocenters. The molecule has 0 bridgehead atoms. The number of ether oxygens (including phenoxy) is 3. The van der Waals surface area contributed by atoms with Gasteiger partial charge in [-0.2, -0.15) is 9.59 Å². The van der Waals surface area contributed by atoms with E-state index in [1.165, 1.54) is 16.7 Å². The second-order valence-electron chi connectivity index (χ2n) is 6.85. The molecular weight excluding hydrogens is 372 g/mol. The number of aryl methyl sites for hydroxylation is 2. The fourth-order valence-electron chi connectivity index (χ4n) is 3.57. The highest BCUT2D eigenvalue weighted by atomic mass is 16.6. The summed E-state index contributed by atoms with van der Waals surface area (Å²) in [6, 6.07) is 8.20. The molecule has 2 aromatic carbocycles. The van der Waals surface area contributed by atoms with Crippen molar-refractivity contribution >= 4 is 17.1 Å². The van der Waals surface area contributed by atoms with Gasteiger partial charge in [-0.15, -0.1) is 0 Å². The van der Waals surface area contributed by atoms with Gasteiger partial charge in [0, 0.05) is 5.39 Å². The number of fused-ring (bicyclic) bond motifs is 2. The van der Waals surface area contributed by atoms with Gasteiger partial charge in [-0.25, -0.2) is 0 Å². The molecule has 3 aromatic rings. The lowest BCUT2D eigenvalue weighted by atomic mass is 10.0. The molecule has 29 heavy (non-hydrogen) atoms. The minimum Gasteiger partial charge on any atom is -0.488 e. The Morgan fingerprint density at radius 3 is 2.48 bits per heavy atom. The van der Waals surface area contributed by atoms with Crippen molar-refractivity contribution in [3.8, 4) is 17.2 Å². The molecule has 152 valence electrons. The van der Waals surface area contributed by atoms with E-state index < -0.39 is 0 Å². The van der Waals surface area contributed by atoms with E-state index in [2.05, 4.69) is 32.9 Å². The van der Waals surface area contributed by atoms with Gasteiger partial charge < -0.3 is 18.6 Å². The molecule has 1 aliphatic rings. The first-order valence-corrected chi connectivity index (χ1v) is 9.52. The largest absolute Gasteiger partial charge is 0.488 e. The van der Waals surface area contributed by atoms with Crippen molar-refractivity contribution in [3.63, 3.8) is 0 Å². The van der Waals surface area contributed by atoms with Gasteiger partial charge in [0.25, 0.3) is 0 Å². The van der Waals surface area contributed by atoms with Gasteiger partial charge >= 0.3 is 6.15 Å². The first kappa shape index (κ1) is 20.5. The SMILES string of the molecule is CCc1ccc(OCc2c3c(cc4cc(C)oc24)OCCO3)c(C)c1C.O=C=O. The lowest BCUT2D eigenvalue weighted by molar-refractivity contribution is -0.191. The van der Waals surface area contributed by atoms with Gasteiger partial charge in [0.1, 0.15) is 36.9 Å². The van der Waals surface area contributed by atoms with Crippen LogP contribution in [0.5, 0.6) is 17.2 Å². The molecule has 2 heterocycles. The minimum absolute atomic E-state index is 0.250. The van der Waals surface area contributed by atoms with Gasteiger partial charge in [0.2, 0.25) is 0 Å². The van der Waals surface area contributed by atoms with E-state index in [1.54, 1.807) is 0 Å². The third kappa shape index (κ3) is 4.13. The molecule has 0 radical (unpaired) electrons. The molecule has 0 amide bonds. The lowest BCUT2D eigenvalue weighted by Gasteiger charge is -2.22. The number of benzene rings is 2. The van der Waals surface area contributed by atoms with Crippen LogP contribution < -0.4 is 14.2 Å². The van der Waals surface area contributed by atoms with Crippen molar-refractivity contribution in [1.82, 2.24) is 0 Å². The zero-order valence-corrected chi connectivity index (χ0v) is 17.1. The summed E-state index contributed by atoms with van der Waals surface area (Å²) < 4.78 is 23.8. The molecule has 6 nitrogen and oxygen atoms in total. The van der Waals surface area contributed by atoms with Crippen LogP contribution >= 0.6 is 0 Å². The standard InChI is InChI=1S/C22H24O4.CO2/c1-5-16-6-7-19(15(4)14(16)3)25-12-18-21-17(10-13(2)26-21)11-20-22(18)24-9-8-23-20;2-1-3/h6-7,10-11H,5,8-9,12H2,1-4H3;. The fourth-order valence-corrected chi connectivity index (χ4v) is 3.57. The summed E-state index contributed by atoms with van der Waals surface area (Å²) in [6.45, 7) is 9.85. The molecule has 0 saturated heterocycles. The van der Waals surface area contributed by atoms with Crippen molar-refractivity contribution in [1.29, 1.82) is 0 Å². The fraction of sp³-hybridized carbons (Fsp3) is 0.348. The Bertz CT molecular complexity index is 1060. The number of carbonyl (C=O) groups excluding carboxylic acids is 2. The molecule has 0 N–H and O–H groups in total. The molecule has 1 aliphatic heterocycles. The molecule has 0 saturated carbocycles. The zero-order valence-electron chi connectivity index (χ0n) is 17.1. The van der Waals surface area contributed by atoms with Crippen molar-refractivity contribution in [2.75, 3.05) is 13.2 Å². The summed E-state index contributed by atoms with van der Waals surface area (Å²) in [4.78, 5) is 16.2. The van der Waals surface area contributed by atoms with Gasteiger partial charge in [-0.3, -0.25) is 0 Å². The summed E-state index contributed by atoms with van der Waals surface area (Å²) in [6.07, 6.45) is 1.27. The topological polar surface area (TPSA) is 75.0 Å². The Hall–Kier alpha value is -3.24. The van der Waals surface area contributed by atoms with Gasteiger partial charge in [-0.05, 0) is 62.1 Å². The third-order valence-corrected chi connectivity index (χ3v) is 5.13. The molecule has 0 unspecified atom stereocenters. The normalized spacial score (nSPS) is 12.1. The van der Waals surface area contributed by atoms with Gasteiger partial charge in [0.15, 0.2) is 11.5 Å². The van der Waals surface area contributed by atoms with E-state index in [4.69, 9.17) is 28.2 Å². The van der Waals surface area contributed by atoms with Crippen LogP contribution in [-0.4, -0.2) is 19.4 Å². The molecular formula is C23H24O6. The summed E-state index contributed by atoms with van der Waals surface area (Å²) in [7, 11) is 0. The highest BCUT2D eigenvalue weighted by Gasteiger charge is 2.22. The maximum atomic E-state index is 8.12. The highest BCUT2D eigenvalue weighted by Crippen LogP contribution is 2.41. The molecule has 0 fully saturated rings. The average Bonchev–Trinajstić information content (AvgIpc) is 3.08. The number of hydrogen-bond donors (Lipinski definition) is 0. The van der Waals surface area contributed by atoms with Crippen LogP contribution in [0.4, 0.5) is 0 Å². The lowest BCUT2D eigenvalue weighted by Crippen LogP contribution is -2.17. The maximum Gasteiger partial charge on any atom is 0.373 e. The summed E-state index contributed by atoms with van der Waals surface area (Å²) >= 11 is 0. The molecule has 1 aromatic heterocycles. The predicted octanol–water partition coefficient (Wildman–Crippen LogP) is 4.69. The minimum atomic E-state index is 0.250. The van der Waals surface area contributed by atoms with E-state index in [-0.39, 0.29) is 6.15 Å². The molecule has 0 spiro atoms. The quantitative estimate of drug-likeness (QED) is 0.637. The van der Waals surface area contributed by atoms with Crippen LogP contribution in [0.3, 0.4) is 0 Å². The average molecular weight is 396 g/mol. The molecule has 0 aliphatic carbocycles. The first-order valence-electron chi connectivity index (χ1n) is 9.52. The monoisotopic (exact) mass is 396 g/mol. The second-order valence-corrected chi connectivity index (χ2v) is 6.85. The predicted molar refractivity (Wildman–Crippen MR) is 107 cm³/mol. The van der Waals surface area contributed by atoms with E-state index in [1.807, 2.05) is 19.1 Å². The number of furan rings is 1. The maximum absolute atomic E-state index is 8.12. The van der Waals surface area contributed by atoms with E-state index >= 15 is 0 Å². The highest BCUT2D eigenvalue weighted by molar-refractivity contribution is 5.86. The third-order valence-electron chi connectivity index (χ3n) is 5.13. The first-order chi connectivity index (χ1) is 14.0. The Morgan fingerprint density at radius 1 is 1.03 bits per heavy atom. The Labute approximate surface area is 169 Å². The van der Waals surface area contributed by atoms with Crippen molar-refractivity contribution in [3.05, 3.63) is 52.3 Å². The van der Waals surface area contributed by atoms with Crippen molar-refractivity contribution in [2.45, 2.75) is 40.7 Å². The van der Waals surface area contributed by atoms with E-state index in [9.17, 15) is 0 Å². The van der Waals surface area contributed by atoms with Gasteiger partial charge in [0.05, 0.1) is 5.56 Å². The summed E-state index contributed by atoms with van der Waals surface area (Å²) in [5.74, 6) is 3.25. The molecule has 4 rings (SSSR count). The Morgan fingerprint density at radius 2 is 1.76 bits per heavy atom. The second kappa shape index (κ2) is 8.84. The number of hydrogen-bond acceptors (Lipinski definition) is 6. The molecule has 6 heteroatoms. The zero-order chi connectivity index (χ0) is 21.0. The van der Waals surface area contributed by atoms with Crippen LogP contribution in [-0.2, 0) is 22.6 Å². The smallest absolute Gasteiger partial charge is 0.373 e. The van der Waals surface area contributed by atoms with E-state index in [0.29, 0.717) is 19.8 Å². The van der Waals surface area contributed by atoms with Crippen LogP contribution in [0.2, 0.25) is 0 Å². The number of rotatable bonds is 4. The Kier molecular flexibility index (Phi) is 6.25.